The summed E-state index contributed by atoms with van der Waals surface area (Å²) in [4.78, 5) is 22.9. The lowest BCUT2D eigenvalue weighted by molar-refractivity contribution is -0.114. The number of carbonyl (C=O) groups is 2. The first-order valence-electron chi connectivity index (χ1n) is 9.14. The van der Waals surface area contributed by atoms with Gasteiger partial charge in [-0.1, -0.05) is 18.2 Å². The minimum Gasteiger partial charge on any atom is -0.379 e. The molecule has 2 amide bonds. The van der Waals surface area contributed by atoms with Gasteiger partial charge in [0, 0.05) is 18.2 Å². The molecule has 0 aliphatic rings. The van der Waals surface area contributed by atoms with Gasteiger partial charge in [-0.25, -0.2) is 5.43 Å². The second kappa shape index (κ2) is 9.68. The summed E-state index contributed by atoms with van der Waals surface area (Å²) in [5, 5.41) is 6.44. The van der Waals surface area contributed by atoms with Crippen LogP contribution in [0.3, 0.4) is 0 Å². The molecule has 158 valence electrons. The molecule has 0 unspecified atom stereocenters. The maximum atomic E-state index is 12.4. The lowest BCUT2D eigenvalue weighted by Gasteiger charge is -2.08. The van der Waals surface area contributed by atoms with E-state index >= 15 is 0 Å². The Bertz CT molecular complexity index is 1190. The highest BCUT2D eigenvalue weighted by molar-refractivity contribution is 7.87. The number of nitrogens with zero attached hydrogens (tertiary/aromatic N) is 1. The summed E-state index contributed by atoms with van der Waals surface area (Å²) in [5.41, 5.74) is 4.02. The third kappa shape index (κ3) is 6.25. The van der Waals surface area contributed by atoms with Crippen molar-refractivity contribution in [3.63, 3.8) is 0 Å². The SMILES string of the molecule is CC(=O)Nc1ccc(S(=O)(=O)Oc2ccc(/C=N\NC(=O)c3ccccc3)cc2)cc1. The lowest BCUT2D eigenvalue weighted by Crippen LogP contribution is -2.17. The summed E-state index contributed by atoms with van der Waals surface area (Å²) in [5.74, 6) is -0.473. The summed E-state index contributed by atoms with van der Waals surface area (Å²) in [7, 11) is -4.03. The molecule has 3 rings (SSSR count). The van der Waals surface area contributed by atoms with E-state index in [1.165, 1.54) is 49.5 Å². The predicted molar refractivity (Wildman–Crippen MR) is 117 cm³/mol. The van der Waals surface area contributed by atoms with E-state index in [1.54, 1.807) is 36.4 Å². The van der Waals surface area contributed by atoms with Gasteiger partial charge < -0.3 is 9.50 Å². The van der Waals surface area contributed by atoms with Gasteiger partial charge in [-0.05, 0) is 66.2 Å². The topological polar surface area (TPSA) is 114 Å². The molecule has 8 nitrogen and oxygen atoms in total. The number of hydrazone groups is 1. The van der Waals surface area contributed by atoms with Crippen molar-refractivity contribution in [2.75, 3.05) is 5.32 Å². The molecule has 0 radical (unpaired) electrons. The normalized spacial score (nSPS) is 11.1. The number of nitrogens with one attached hydrogen (secondary N) is 2. The summed E-state index contributed by atoms with van der Waals surface area (Å²) >= 11 is 0. The smallest absolute Gasteiger partial charge is 0.339 e. The largest absolute Gasteiger partial charge is 0.379 e. The standard InChI is InChI=1S/C22H19N3O5S/c1-16(26)24-19-9-13-21(14-10-19)31(28,29)30-20-11-7-17(8-12-20)15-23-25-22(27)18-5-3-2-4-6-18/h2-15H,1H3,(H,24,26)(H,25,27)/b23-15-. The van der Waals surface area contributed by atoms with Gasteiger partial charge in [-0.2, -0.15) is 13.5 Å². The van der Waals surface area contributed by atoms with Crippen molar-refractivity contribution in [1.29, 1.82) is 0 Å². The summed E-state index contributed by atoms with van der Waals surface area (Å²) in [6.07, 6.45) is 1.43. The van der Waals surface area contributed by atoms with E-state index < -0.39 is 10.1 Å². The Morgan fingerprint density at radius 2 is 1.55 bits per heavy atom. The van der Waals surface area contributed by atoms with E-state index in [1.807, 2.05) is 6.07 Å². The van der Waals surface area contributed by atoms with E-state index in [0.29, 0.717) is 16.8 Å². The number of benzene rings is 3. The lowest BCUT2D eigenvalue weighted by atomic mass is 10.2. The van der Waals surface area contributed by atoms with Crippen molar-refractivity contribution in [2.45, 2.75) is 11.8 Å². The van der Waals surface area contributed by atoms with Crippen LogP contribution < -0.4 is 14.9 Å². The average molecular weight is 437 g/mol. The molecule has 0 aliphatic heterocycles. The molecular weight excluding hydrogens is 418 g/mol. The molecule has 0 aliphatic carbocycles. The highest BCUT2D eigenvalue weighted by Gasteiger charge is 2.16. The Morgan fingerprint density at radius 3 is 2.16 bits per heavy atom. The predicted octanol–water partition coefficient (Wildman–Crippen LogP) is 3.18. The van der Waals surface area contributed by atoms with Crippen LogP contribution in [-0.2, 0) is 14.9 Å². The second-order valence-corrected chi connectivity index (χ2v) is 7.92. The van der Waals surface area contributed by atoms with Gasteiger partial charge in [0.25, 0.3) is 5.91 Å². The number of hydrogen-bond acceptors (Lipinski definition) is 6. The van der Waals surface area contributed by atoms with Gasteiger partial charge in [0.2, 0.25) is 5.91 Å². The minimum absolute atomic E-state index is 0.0455. The van der Waals surface area contributed by atoms with Crippen LogP contribution in [-0.4, -0.2) is 26.4 Å². The Balaban J connectivity index is 1.60. The third-order valence-corrected chi connectivity index (χ3v) is 5.23. The number of carbonyl (C=O) groups excluding carboxylic acids is 2. The molecular formula is C22H19N3O5S. The number of amides is 2. The van der Waals surface area contributed by atoms with Gasteiger partial charge in [0.1, 0.15) is 10.6 Å². The molecule has 0 fully saturated rings. The first-order valence-corrected chi connectivity index (χ1v) is 10.5. The monoisotopic (exact) mass is 437 g/mol. The number of anilines is 1. The van der Waals surface area contributed by atoms with Gasteiger partial charge in [0.05, 0.1) is 6.21 Å². The molecule has 31 heavy (non-hydrogen) atoms. The van der Waals surface area contributed by atoms with Gasteiger partial charge in [-0.3, -0.25) is 9.59 Å². The van der Waals surface area contributed by atoms with Crippen molar-refractivity contribution < 1.29 is 22.2 Å². The molecule has 0 spiro atoms. The fourth-order valence-electron chi connectivity index (χ4n) is 2.51. The molecule has 0 heterocycles. The van der Waals surface area contributed by atoms with Crippen LogP contribution in [0.25, 0.3) is 0 Å². The van der Waals surface area contributed by atoms with Gasteiger partial charge in [-0.15, -0.1) is 0 Å². The first-order chi connectivity index (χ1) is 14.8. The number of hydrogen-bond donors (Lipinski definition) is 2. The molecule has 2 N–H and O–H groups in total. The third-order valence-electron chi connectivity index (χ3n) is 3.97. The molecule has 0 saturated heterocycles. The fraction of sp³-hybridized carbons (Fsp3) is 0.0455. The Hall–Kier alpha value is -3.98. The zero-order valence-corrected chi connectivity index (χ0v) is 17.3. The van der Waals surface area contributed by atoms with Crippen molar-refractivity contribution in [3.8, 4) is 5.75 Å². The van der Waals surface area contributed by atoms with Crippen molar-refractivity contribution in [2.24, 2.45) is 5.10 Å². The van der Waals surface area contributed by atoms with Crippen LogP contribution in [0.1, 0.15) is 22.8 Å². The van der Waals surface area contributed by atoms with E-state index in [2.05, 4.69) is 15.8 Å². The maximum Gasteiger partial charge on any atom is 0.339 e. The van der Waals surface area contributed by atoms with Crippen molar-refractivity contribution in [3.05, 3.63) is 90.0 Å². The van der Waals surface area contributed by atoms with Crippen molar-refractivity contribution in [1.82, 2.24) is 5.43 Å². The minimum atomic E-state index is -4.03. The molecule has 3 aromatic rings. The van der Waals surface area contributed by atoms with E-state index in [9.17, 15) is 18.0 Å². The van der Waals surface area contributed by atoms with Crippen LogP contribution in [0.5, 0.6) is 5.75 Å². The highest BCUT2D eigenvalue weighted by Crippen LogP contribution is 2.20. The average Bonchev–Trinajstić information content (AvgIpc) is 2.75. The highest BCUT2D eigenvalue weighted by atomic mass is 32.2. The summed E-state index contributed by atoms with van der Waals surface area (Å²) in [6.45, 7) is 1.36. The Labute approximate surface area is 179 Å². The van der Waals surface area contributed by atoms with Gasteiger partial charge in [0.15, 0.2) is 0 Å². The van der Waals surface area contributed by atoms with Crippen LogP contribution in [0, 0.1) is 0 Å². The van der Waals surface area contributed by atoms with E-state index in [-0.39, 0.29) is 22.5 Å². The van der Waals surface area contributed by atoms with E-state index in [0.717, 1.165) is 0 Å². The maximum absolute atomic E-state index is 12.4. The van der Waals surface area contributed by atoms with E-state index in [4.69, 9.17) is 4.18 Å². The molecule has 0 atom stereocenters. The Morgan fingerprint density at radius 1 is 0.903 bits per heavy atom. The summed E-state index contributed by atoms with van der Waals surface area (Å²) < 4.78 is 30.0. The van der Waals surface area contributed by atoms with Crippen LogP contribution in [0.2, 0.25) is 0 Å². The van der Waals surface area contributed by atoms with Crippen LogP contribution in [0.4, 0.5) is 5.69 Å². The molecule has 9 heteroatoms. The zero-order chi connectivity index (χ0) is 22.3. The quantitative estimate of drug-likeness (QED) is 0.335. The molecule has 0 bridgehead atoms. The first kappa shape index (κ1) is 21.7. The molecule has 0 saturated carbocycles. The number of rotatable bonds is 7. The van der Waals surface area contributed by atoms with Crippen molar-refractivity contribution >= 4 is 33.8 Å². The second-order valence-electron chi connectivity index (χ2n) is 6.38. The fourth-order valence-corrected chi connectivity index (χ4v) is 3.44. The van der Waals surface area contributed by atoms with Gasteiger partial charge >= 0.3 is 10.1 Å². The zero-order valence-electron chi connectivity index (χ0n) is 16.5. The molecule has 3 aromatic carbocycles. The van der Waals surface area contributed by atoms with Crippen LogP contribution >= 0.6 is 0 Å². The Kier molecular flexibility index (Phi) is 6.78. The molecule has 0 aromatic heterocycles. The van der Waals surface area contributed by atoms with Crippen LogP contribution in [0.15, 0.2) is 88.9 Å². The summed E-state index contributed by atoms with van der Waals surface area (Å²) in [6, 6.07) is 20.4.